The first kappa shape index (κ1) is 19.0. The van der Waals surface area contributed by atoms with Crippen LogP contribution in [0, 0.1) is 17.6 Å². The lowest BCUT2D eigenvalue weighted by molar-refractivity contribution is 0.102. The molecule has 0 bridgehead atoms. The van der Waals surface area contributed by atoms with Gasteiger partial charge in [-0.1, -0.05) is 11.8 Å². The van der Waals surface area contributed by atoms with E-state index in [1.165, 1.54) is 6.07 Å². The fraction of sp³-hybridized carbons (Fsp3) is 0.438. The van der Waals surface area contributed by atoms with E-state index in [0.29, 0.717) is 23.8 Å². The highest BCUT2D eigenvalue weighted by molar-refractivity contribution is 7.99. The van der Waals surface area contributed by atoms with Gasteiger partial charge in [-0.25, -0.2) is 17.2 Å². The fourth-order valence-corrected chi connectivity index (χ4v) is 5.51. The molecule has 6 nitrogen and oxygen atoms in total. The molecule has 1 atom stereocenters. The molecule has 1 fully saturated rings. The molecule has 10 heteroatoms. The average Bonchev–Trinajstić information content (AvgIpc) is 3.10. The summed E-state index contributed by atoms with van der Waals surface area (Å²) in [5.74, 6) is -1.33. The first-order valence-corrected chi connectivity index (χ1v) is 10.8. The summed E-state index contributed by atoms with van der Waals surface area (Å²) in [6.45, 7) is 0. The largest absolute Gasteiger partial charge is 0.309 e. The number of aromatic nitrogens is 3. The SMILES string of the molecule is Cn1c(C[C@@H]2CCS(=O)(=O)C2)nnc1SCC(=O)c1ccc(F)c(F)c1. The number of hydrogen-bond donors (Lipinski definition) is 0. The molecule has 0 saturated carbocycles. The molecule has 0 amide bonds. The van der Waals surface area contributed by atoms with Gasteiger partial charge >= 0.3 is 0 Å². The van der Waals surface area contributed by atoms with Crippen LogP contribution in [0.2, 0.25) is 0 Å². The molecule has 26 heavy (non-hydrogen) atoms. The summed E-state index contributed by atoms with van der Waals surface area (Å²) in [6.07, 6.45) is 1.13. The zero-order valence-electron chi connectivity index (χ0n) is 14.0. The highest BCUT2D eigenvalue weighted by atomic mass is 32.2. The van der Waals surface area contributed by atoms with Crippen molar-refractivity contribution in [1.82, 2.24) is 14.8 Å². The van der Waals surface area contributed by atoms with Crippen molar-refractivity contribution in [3.63, 3.8) is 0 Å². The van der Waals surface area contributed by atoms with Gasteiger partial charge in [-0.2, -0.15) is 0 Å². The van der Waals surface area contributed by atoms with Crippen LogP contribution in [-0.4, -0.2) is 46.2 Å². The number of thioether (sulfide) groups is 1. The lowest BCUT2D eigenvalue weighted by atomic mass is 10.1. The Balaban J connectivity index is 1.61. The molecule has 0 aliphatic carbocycles. The molecule has 1 aliphatic rings. The number of ketones is 1. The van der Waals surface area contributed by atoms with E-state index in [0.717, 1.165) is 23.9 Å². The zero-order valence-corrected chi connectivity index (χ0v) is 15.6. The number of benzene rings is 1. The van der Waals surface area contributed by atoms with Gasteiger partial charge in [-0.3, -0.25) is 4.79 Å². The van der Waals surface area contributed by atoms with Crippen molar-refractivity contribution in [2.45, 2.75) is 18.0 Å². The number of Topliss-reactive ketones (excluding diaryl/α,β-unsaturated/α-hetero) is 1. The number of carbonyl (C=O) groups excluding carboxylic acids is 1. The second-order valence-electron chi connectivity index (χ2n) is 6.27. The summed E-state index contributed by atoms with van der Waals surface area (Å²) >= 11 is 1.14. The van der Waals surface area contributed by atoms with Gasteiger partial charge in [-0.05, 0) is 30.5 Å². The van der Waals surface area contributed by atoms with Gasteiger partial charge in [0.15, 0.2) is 32.4 Å². The summed E-state index contributed by atoms with van der Waals surface area (Å²) in [4.78, 5) is 12.1. The second-order valence-corrected chi connectivity index (χ2v) is 9.44. The molecule has 1 saturated heterocycles. The first-order chi connectivity index (χ1) is 12.2. The third-order valence-corrected chi connectivity index (χ3v) is 7.15. The Morgan fingerprint density at radius 2 is 2.08 bits per heavy atom. The minimum atomic E-state index is -2.94. The molecule has 1 aromatic carbocycles. The van der Waals surface area contributed by atoms with Crippen molar-refractivity contribution >= 4 is 27.4 Å². The van der Waals surface area contributed by atoms with E-state index in [2.05, 4.69) is 10.2 Å². The molecule has 1 aromatic heterocycles. The number of nitrogens with zero attached hydrogens (tertiary/aromatic N) is 3. The minimum Gasteiger partial charge on any atom is -0.309 e. The van der Waals surface area contributed by atoms with Gasteiger partial charge in [-0.15, -0.1) is 10.2 Å². The summed E-state index contributed by atoms with van der Waals surface area (Å²) in [7, 11) is -1.19. The monoisotopic (exact) mass is 401 g/mol. The number of hydrogen-bond acceptors (Lipinski definition) is 6. The van der Waals surface area contributed by atoms with Crippen LogP contribution in [0.15, 0.2) is 23.4 Å². The van der Waals surface area contributed by atoms with Gasteiger partial charge in [0.25, 0.3) is 0 Å². The van der Waals surface area contributed by atoms with E-state index in [4.69, 9.17) is 0 Å². The van der Waals surface area contributed by atoms with Gasteiger partial charge in [0.05, 0.1) is 17.3 Å². The molecular weight excluding hydrogens is 384 g/mol. The van der Waals surface area contributed by atoms with Crippen molar-refractivity contribution in [2.75, 3.05) is 17.3 Å². The minimum absolute atomic E-state index is 0.00878. The van der Waals surface area contributed by atoms with Crippen LogP contribution in [0.3, 0.4) is 0 Å². The van der Waals surface area contributed by atoms with Crippen LogP contribution in [-0.2, 0) is 23.3 Å². The molecule has 0 spiro atoms. The third-order valence-electron chi connectivity index (χ3n) is 4.30. The number of carbonyl (C=O) groups is 1. The van der Waals surface area contributed by atoms with Gasteiger partial charge in [0, 0.05) is 19.0 Å². The predicted molar refractivity (Wildman–Crippen MR) is 92.9 cm³/mol. The lowest BCUT2D eigenvalue weighted by Gasteiger charge is -2.07. The Bertz CT molecular complexity index is 944. The first-order valence-electron chi connectivity index (χ1n) is 7.95. The van der Waals surface area contributed by atoms with E-state index in [-0.39, 0.29) is 34.5 Å². The maximum absolute atomic E-state index is 13.2. The lowest BCUT2D eigenvalue weighted by Crippen LogP contribution is -2.11. The topological polar surface area (TPSA) is 81.9 Å². The van der Waals surface area contributed by atoms with E-state index in [9.17, 15) is 22.0 Å². The number of rotatable bonds is 6. The van der Waals surface area contributed by atoms with Crippen LogP contribution >= 0.6 is 11.8 Å². The molecule has 2 heterocycles. The van der Waals surface area contributed by atoms with Gasteiger partial charge in [0.2, 0.25) is 0 Å². The standard InChI is InChI=1S/C16H17F2N3O3S2/c1-21-15(6-10-4-5-26(23,24)9-10)19-20-16(21)25-8-14(22)11-2-3-12(17)13(18)7-11/h2-3,7,10H,4-6,8-9H2,1H3/t10-/m0/s1. The molecule has 0 N–H and O–H groups in total. The van der Waals surface area contributed by atoms with E-state index in [1.54, 1.807) is 11.6 Å². The Labute approximate surface area is 153 Å². The van der Waals surface area contributed by atoms with Crippen LogP contribution < -0.4 is 0 Å². The summed E-state index contributed by atoms with van der Waals surface area (Å²) in [5.41, 5.74) is 0.0926. The van der Waals surface area contributed by atoms with Gasteiger partial charge in [0.1, 0.15) is 5.82 Å². The second kappa shape index (κ2) is 7.43. The van der Waals surface area contributed by atoms with Crippen LogP contribution in [0.1, 0.15) is 22.6 Å². The molecule has 0 radical (unpaired) electrons. The van der Waals surface area contributed by atoms with Crippen molar-refractivity contribution in [1.29, 1.82) is 0 Å². The van der Waals surface area contributed by atoms with Crippen molar-refractivity contribution < 1.29 is 22.0 Å². The van der Waals surface area contributed by atoms with E-state index < -0.39 is 21.5 Å². The van der Waals surface area contributed by atoms with Crippen molar-refractivity contribution in [3.05, 3.63) is 41.2 Å². The molecular formula is C16H17F2N3O3S2. The maximum Gasteiger partial charge on any atom is 0.191 e. The third kappa shape index (κ3) is 4.29. The maximum atomic E-state index is 13.2. The predicted octanol–water partition coefficient (Wildman–Crippen LogP) is 2.05. The molecule has 0 unspecified atom stereocenters. The zero-order chi connectivity index (χ0) is 18.9. The molecule has 2 aromatic rings. The van der Waals surface area contributed by atoms with Gasteiger partial charge < -0.3 is 4.57 Å². The summed E-state index contributed by atoms with van der Waals surface area (Å²) in [6, 6.07) is 3.04. The van der Waals surface area contributed by atoms with Crippen LogP contribution in [0.25, 0.3) is 0 Å². The van der Waals surface area contributed by atoms with Crippen molar-refractivity contribution in [3.8, 4) is 0 Å². The fourth-order valence-electron chi connectivity index (χ4n) is 2.82. The van der Waals surface area contributed by atoms with E-state index in [1.807, 2.05) is 0 Å². The van der Waals surface area contributed by atoms with Crippen LogP contribution in [0.4, 0.5) is 8.78 Å². The number of sulfone groups is 1. The number of halogens is 2. The van der Waals surface area contributed by atoms with Crippen molar-refractivity contribution in [2.24, 2.45) is 13.0 Å². The Hall–Kier alpha value is -1.81. The van der Waals surface area contributed by atoms with Crippen LogP contribution in [0.5, 0.6) is 0 Å². The highest BCUT2D eigenvalue weighted by Crippen LogP contribution is 2.24. The quantitative estimate of drug-likeness (QED) is 0.544. The molecule has 1 aliphatic heterocycles. The summed E-state index contributed by atoms with van der Waals surface area (Å²) in [5, 5.41) is 8.62. The Kier molecular flexibility index (Phi) is 5.42. The Morgan fingerprint density at radius 3 is 2.73 bits per heavy atom. The Morgan fingerprint density at radius 1 is 1.31 bits per heavy atom. The summed E-state index contributed by atoms with van der Waals surface area (Å²) < 4.78 is 51.0. The molecule has 140 valence electrons. The molecule has 3 rings (SSSR count). The smallest absolute Gasteiger partial charge is 0.191 e. The highest BCUT2D eigenvalue weighted by Gasteiger charge is 2.29. The average molecular weight is 401 g/mol. The normalized spacial score (nSPS) is 19.0. The van der Waals surface area contributed by atoms with E-state index >= 15 is 0 Å².